The highest BCUT2D eigenvalue weighted by atomic mass is 16.6. The monoisotopic (exact) mass is 226 g/mol. The van der Waals surface area contributed by atoms with Crippen molar-refractivity contribution in [1.82, 2.24) is 0 Å². The Bertz CT molecular complexity index is 381. The Morgan fingerprint density at radius 2 is 2.00 bits per heavy atom. The first-order chi connectivity index (χ1) is 7.63. The molecule has 0 aliphatic rings. The smallest absolute Gasteiger partial charge is 0.250 e. The van der Waals surface area contributed by atoms with Crippen LogP contribution in [0.1, 0.15) is 11.6 Å². The van der Waals surface area contributed by atoms with Gasteiger partial charge in [-0.1, -0.05) is 0 Å². The minimum Gasteiger partial charge on any atom is -0.493 e. The highest BCUT2D eigenvalue weighted by molar-refractivity contribution is 5.43. The lowest BCUT2D eigenvalue weighted by molar-refractivity contribution is -0.525. The van der Waals surface area contributed by atoms with Gasteiger partial charge in [0.15, 0.2) is 11.5 Å². The van der Waals surface area contributed by atoms with E-state index in [4.69, 9.17) is 15.2 Å². The molecule has 0 bridgehead atoms. The molecule has 0 saturated heterocycles. The SMILES string of the molecule is COc1ccc(C(CN)[N+](=O)[O-])cc1OC. The number of hydrogen-bond acceptors (Lipinski definition) is 5. The van der Waals surface area contributed by atoms with Gasteiger partial charge in [0.25, 0.3) is 0 Å². The minimum absolute atomic E-state index is 0.0531. The van der Waals surface area contributed by atoms with Crippen molar-refractivity contribution in [2.45, 2.75) is 6.04 Å². The van der Waals surface area contributed by atoms with E-state index in [9.17, 15) is 10.1 Å². The molecule has 0 aromatic heterocycles. The third-order valence-electron chi connectivity index (χ3n) is 2.27. The lowest BCUT2D eigenvalue weighted by atomic mass is 10.1. The Balaban J connectivity index is 3.11. The Hall–Kier alpha value is -1.82. The first kappa shape index (κ1) is 12.3. The highest BCUT2D eigenvalue weighted by Crippen LogP contribution is 2.30. The van der Waals surface area contributed by atoms with Gasteiger partial charge in [0.1, 0.15) is 0 Å². The van der Waals surface area contributed by atoms with Gasteiger partial charge in [-0.25, -0.2) is 0 Å². The van der Waals surface area contributed by atoms with E-state index in [0.29, 0.717) is 17.1 Å². The second-order valence-corrected chi connectivity index (χ2v) is 3.15. The van der Waals surface area contributed by atoms with E-state index in [1.54, 1.807) is 18.2 Å². The van der Waals surface area contributed by atoms with Crippen LogP contribution >= 0.6 is 0 Å². The Morgan fingerprint density at radius 3 is 2.44 bits per heavy atom. The summed E-state index contributed by atoms with van der Waals surface area (Å²) < 4.78 is 10.1. The fourth-order valence-electron chi connectivity index (χ4n) is 1.40. The maximum Gasteiger partial charge on any atom is 0.250 e. The quantitative estimate of drug-likeness (QED) is 0.597. The fourth-order valence-corrected chi connectivity index (χ4v) is 1.40. The summed E-state index contributed by atoms with van der Waals surface area (Å²) in [5, 5.41) is 10.7. The van der Waals surface area contributed by atoms with Gasteiger partial charge in [-0.3, -0.25) is 10.1 Å². The number of ether oxygens (including phenoxy) is 2. The molecule has 0 spiro atoms. The summed E-state index contributed by atoms with van der Waals surface area (Å²) in [6.07, 6.45) is 0. The molecule has 1 aromatic carbocycles. The molecule has 2 N–H and O–H groups in total. The molecule has 0 aliphatic heterocycles. The van der Waals surface area contributed by atoms with E-state index in [0.717, 1.165) is 0 Å². The molecule has 0 heterocycles. The molecule has 0 fully saturated rings. The van der Waals surface area contributed by atoms with Crippen molar-refractivity contribution in [3.05, 3.63) is 33.9 Å². The molecule has 0 amide bonds. The average molecular weight is 226 g/mol. The molecule has 0 aliphatic carbocycles. The maximum atomic E-state index is 10.7. The summed E-state index contributed by atoms with van der Waals surface area (Å²) in [6, 6.07) is 3.89. The zero-order chi connectivity index (χ0) is 12.1. The normalized spacial score (nSPS) is 11.9. The lowest BCUT2D eigenvalue weighted by Crippen LogP contribution is -2.20. The Labute approximate surface area is 93.1 Å². The molecule has 0 radical (unpaired) electrons. The van der Waals surface area contributed by atoms with Crippen molar-refractivity contribution < 1.29 is 14.4 Å². The molecule has 6 heteroatoms. The van der Waals surface area contributed by atoms with Crippen LogP contribution in [0, 0.1) is 10.1 Å². The molecule has 1 rings (SSSR count). The van der Waals surface area contributed by atoms with Crippen LogP contribution in [0.4, 0.5) is 0 Å². The highest BCUT2D eigenvalue weighted by Gasteiger charge is 2.22. The number of nitrogens with zero attached hydrogens (tertiary/aromatic N) is 1. The molecule has 1 atom stereocenters. The minimum atomic E-state index is -0.917. The molecular weight excluding hydrogens is 212 g/mol. The molecule has 16 heavy (non-hydrogen) atoms. The standard InChI is InChI=1S/C10H14N2O4/c1-15-9-4-3-7(5-10(9)16-2)8(6-11)12(13)14/h3-5,8H,6,11H2,1-2H3. The van der Waals surface area contributed by atoms with Gasteiger partial charge in [-0.2, -0.15) is 0 Å². The number of nitrogens with two attached hydrogens (primary N) is 1. The number of benzene rings is 1. The van der Waals surface area contributed by atoms with Gasteiger partial charge < -0.3 is 15.2 Å². The van der Waals surface area contributed by atoms with Gasteiger partial charge >= 0.3 is 0 Å². The first-order valence-electron chi connectivity index (χ1n) is 4.69. The lowest BCUT2D eigenvalue weighted by Gasteiger charge is -2.11. The number of nitro groups is 1. The van der Waals surface area contributed by atoms with Gasteiger partial charge in [0.05, 0.1) is 20.8 Å². The van der Waals surface area contributed by atoms with Gasteiger partial charge in [0.2, 0.25) is 6.04 Å². The number of rotatable bonds is 5. The first-order valence-corrected chi connectivity index (χ1v) is 4.69. The summed E-state index contributed by atoms with van der Waals surface area (Å²) in [7, 11) is 2.98. The molecular formula is C10H14N2O4. The van der Waals surface area contributed by atoms with Crippen molar-refractivity contribution in [1.29, 1.82) is 0 Å². The van der Waals surface area contributed by atoms with Crippen molar-refractivity contribution in [3.8, 4) is 11.5 Å². The Kier molecular flexibility index (Phi) is 4.07. The van der Waals surface area contributed by atoms with Crippen molar-refractivity contribution in [3.63, 3.8) is 0 Å². The third-order valence-corrected chi connectivity index (χ3v) is 2.27. The van der Waals surface area contributed by atoms with Crippen LogP contribution in [-0.2, 0) is 0 Å². The summed E-state index contributed by atoms with van der Waals surface area (Å²) in [6.45, 7) is -0.0531. The van der Waals surface area contributed by atoms with Crippen LogP contribution in [-0.4, -0.2) is 25.7 Å². The second-order valence-electron chi connectivity index (χ2n) is 3.15. The molecule has 0 saturated carbocycles. The van der Waals surface area contributed by atoms with Crippen LogP contribution in [0.15, 0.2) is 18.2 Å². The van der Waals surface area contributed by atoms with Crippen molar-refractivity contribution in [2.24, 2.45) is 5.73 Å². The van der Waals surface area contributed by atoms with E-state index < -0.39 is 11.0 Å². The second kappa shape index (κ2) is 5.32. The van der Waals surface area contributed by atoms with E-state index in [-0.39, 0.29) is 6.54 Å². The summed E-state index contributed by atoms with van der Waals surface area (Å²) in [5.41, 5.74) is 5.86. The van der Waals surface area contributed by atoms with Gasteiger partial charge in [-0.15, -0.1) is 0 Å². The van der Waals surface area contributed by atoms with Crippen molar-refractivity contribution >= 4 is 0 Å². The predicted molar refractivity (Wildman–Crippen MR) is 58.3 cm³/mol. The van der Waals surface area contributed by atoms with Gasteiger partial charge in [0, 0.05) is 10.5 Å². The van der Waals surface area contributed by atoms with E-state index in [1.807, 2.05) is 0 Å². The Morgan fingerprint density at radius 1 is 1.38 bits per heavy atom. The summed E-state index contributed by atoms with van der Waals surface area (Å²) in [5.74, 6) is 0.991. The van der Waals surface area contributed by atoms with E-state index in [2.05, 4.69) is 0 Å². The molecule has 1 unspecified atom stereocenters. The summed E-state index contributed by atoms with van der Waals surface area (Å²) >= 11 is 0. The maximum absolute atomic E-state index is 10.7. The predicted octanol–water partition coefficient (Wildman–Crippen LogP) is 0.980. The number of hydrogen-bond donors (Lipinski definition) is 1. The zero-order valence-electron chi connectivity index (χ0n) is 9.17. The van der Waals surface area contributed by atoms with Crippen LogP contribution in [0.3, 0.4) is 0 Å². The fraction of sp³-hybridized carbons (Fsp3) is 0.400. The zero-order valence-corrected chi connectivity index (χ0v) is 9.17. The topological polar surface area (TPSA) is 87.6 Å². The van der Waals surface area contributed by atoms with E-state index in [1.165, 1.54) is 14.2 Å². The third kappa shape index (κ3) is 2.40. The molecule has 6 nitrogen and oxygen atoms in total. The van der Waals surface area contributed by atoms with Crippen LogP contribution in [0.25, 0.3) is 0 Å². The van der Waals surface area contributed by atoms with Gasteiger partial charge in [-0.05, 0) is 18.2 Å². The van der Waals surface area contributed by atoms with E-state index >= 15 is 0 Å². The average Bonchev–Trinajstić information content (AvgIpc) is 2.29. The van der Waals surface area contributed by atoms with Crippen molar-refractivity contribution in [2.75, 3.05) is 20.8 Å². The van der Waals surface area contributed by atoms with Crippen LogP contribution in [0.5, 0.6) is 11.5 Å². The number of methoxy groups -OCH3 is 2. The molecule has 1 aromatic rings. The van der Waals surface area contributed by atoms with Crippen LogP contribution in [0.2, 0.25) is 0 Å². The summed E-state index contributed by atoms with van der Waals surface area (Å²) in [4.78, 5) is 10.3. The molecule has 88 valence electrons. The largest absolute Gasteiger partial charge is 0.493 e. The van der Waals surface area contributed by atoms with Crippen LogP contribution < -0.4 is 15.2 Å².